The van der Waals surface area contributed by atoms with Crippen molar-refractivity contribution in [2.45, 2.75) is 0 Å². The van der Waals surface area contributed by atoms with Crippen molar-refractivity contribution in [1.29, 1.82) is 5.26 Å². The van der Waals surface area contributed by atoms with Gasteiger partial charge in [0.05, 0.1) is 9.50 Å². The first-order valence-corrected chi connectivity index (χ1v) is 4.77. The highest BCUT2D eigenvalue weighted by molar-refractivity contribution is 9.13. The van der Waals surface area contributed by atoms with Crippen LogP contribution in [0.1, 0.15) is 5.56 Å². The maximum absolute atomic E-state index is 13.0. The topological polar surface area (TPSA) is 23.8 Å². The summed E-state index contributed by atoms with van der Waals surface area (Å²) in [5.74, 6) is -0.700. The van der Waals surface area contributed by atoms with Gasteiger partial charge in [0.25, 0.3) is 0 Å². The number of nitrogens with zero attached hydrogens (tertiary/aromatic N) is 1. The molecule has 0 bridgehead atoms. The van der Waals surface area contributed by atoms with E-state index in [0.29, 0.717) is 8.95 Å². The Morgan fingerprint density at radius 3 is 2.58 bits per heavy atom. The zero-order chi connectivity index (χ0) is 9.30. The molecule has 0 spiro atoms. The van der Waals surface area contributed by atoms with Crippen molar-refractivity contribution in [2.24, 2.45) is 0 Å². The Bertz CT molecular complexity index is 346. The van der Waals surface area contributed by atoms with Crippen molar-refractivity contribution in [3.8, 4) is 6.07 Å². The molecule has 0 aliphatic heterocycles. The highest BCUT2D eigenvalue weighted by Crippen LogP contribution is 2.32. The van der Waals surface area contributed by atoms with Crippen molar-refractivity contribution < 1.29 is 4.39 Å². The molecule has 0 aromatic heterocycles. The average molecular weight is 313 g/mol. The molecule has 1 aromatic rings. The monoisotopic (exact) mass is 311 g/mol. The van der Waals surface area contributed by atoms with E-state index in [1.165, 1.54) is 6.07 Å². The SMILES string of the molecule is N#Cc1c(F)c(Cl)cc(Br)c1Br. The van der Waals surface area contributed by atoms with E-state index >= 15 is 0 Å². The number of nitriles is 1. The zero-order valence-electron chi connectivity index (χ0n) is 5.54. The summed E-state index contributed by atoms with van der Waals surface area (Å²) >= 11 is 11.7. The fourth-order valence-electron chi connectivity index (χ4n) is 0.671. The first kappa shape index (κ1) is 9.97. The van der Waals surface area contributed by atoms with Gasteiger partial charge in [-0.2, -0.15) is 5.26 Å². The maximum atomic E-state index is 13.0. The van der Waals surface area contributed by atoms with Crippen LogP contribution in [0.4, 0.5) is 4.39 Å². The lowest BCUT2D eigenvalue weighted by molar-refractivity contribution is 0.623. The van der Waals surface area contributed by atoms with Gasteiger partial charge in [-0.05, 0) is 37.9 Å². The van der Waals surface area contributed by atoms with E-state index in [4.69, 9.17) is 16.9 Å². The summed E-state index contributed by atoms with van der Waals surface area (Å²) in [7, 11) is 0. The number of rotatable bonds is 0. The Balaban J connectivity index is 3.56. The first-order valence-electron chi connectivity index (χ1n) is 2.81. The minimum Gasteiger partial charge on any atom is -0.204 e. The molecule has 0 amide bonds. The van der Waals surface area contributed by atoms with Crippen molar-refractivity contribution >= 4 is 43.5 Å². The van der Waals surface area contributed by atoms with Crippen molar-refractivity contribution in [3.05, 3.63) is 31.4 Å². The molecule has 0 radical (unpaired) electrons. The summed E-state index contributed by atoms with van der Waals surface area (Å²) in [5, 5.41) is 8.48. The Morgan fingerprint density at radius 1 is 1.50 bits per heavy atom. The van der Waals surface area contributed by atoms with Crippen LogP contribution in [0, 0.1) is 17.1 Å². The van der Waals surface area contributed by atoms with E-state index in [9.17, 15) is 4.39 Å². The molecule has 0 saturated heterocycles. The second-order valence-electron chi connectivity index (χ2n) is 1.95. The van der Waals surface area contributed by atoms with Crippen molar-refractivity contribution in [3.63, 3.8) is 0 Å². The van der Waals surface area contributed by atoms with Gasteiger partial charge in [-0.1, -0.05) is 11.6 Å². The van der Waals surface area contributed by atoms with E-state index in [1.807, 2.05) is 0 Å². The number of hydrogen-bond donors (Lipinski definition) is 0. The van der Waals surface area contributed by atoms with Gasteiger partial charge in [0.1, 0.15) is 11.6 Å². The number of benzene rings is 1. The highest BCUT2D eigenvalue weighted by atomic mass is 79.9. The summed E-state index contributed by atoms with van der Waals surface area (Å²) in [4.78, 5) is 0. The van der Waals surface area contributed by atoms with Crippen LogP contribution in [-0.4, -0.2) is 0 Å². The predicted molar refractivity (Wildman–Crippen MR) is 51.5 cm³/mol. The van der Waals surface area contributed by atoms with Gasteiger partial charge in [-0.3, -0.25) is 0 Å². The van der Waals surface area contributed by atoms with Gasteiger partial charge in [-0.25, -0.2) is 4.39 Å². The minimum atomic E-state index is -0.700. The zero-order valence-corrected chi connectivity index (χ0v) is 9.46. The van der Waals surface area contributed by atoms with Crippen LogP contribution in [0.15, 0.2) is 15.0 Å². The minimum absolute atomic E-state index is 0.0679. The highest BCUT2D eigenvalue weighted by Gasteiger charge is 2.13. The van der Waals surface area contributed by atoms with Crippen LogP contribution in [0.3, 0.4) is 0 Å². The van der Waals surface area contributed by atoms with Gasteiger partial charge in [0.15, 0.2) is 5.82 Å². The van der Waals surface area contributed by atoms with Crippen LogP contribution in [0.2, 0.25) is 5.02 Å². The molecule has 0 fully saturated rings. The molecule has 0 saturated carbocycles. The molecule has 62 valence electrons. The summed E-state index contributed by atoms with van der Waals surface area (Å²) < 4.78 is 14.0. The summed E-state index contributed by atoms with van der Waals surface area (Å²) in [6, 6.07) is 3.10. The lowest BCUT2D eigenvalue weighted by Gasteiger charge is -2.01. The standard InChI is InChI=1S/C7HBr2ClFN/c8-4-1-5(10)7(11)3(2-12)6(4)9/h1H. The van der Waals surface area contributed by atoms with Gasteiger partial charge >= 0.3 is 0 Å². The van der Waals surface area contributed by atoms with E-state index in [-0.39, 0.29) is 10.6 Å². The lowest BCUT2D eigenvalue weighted by atomic mass is 10.2. The van der Waals surface area contributed by atoms with Crippen LogP contribution in [0.25, 0.3) is 0 Å². The first-order chi connectivity index (χ1) is 5.57. The second-order valence-corrected chi connectivity index (χ2v) is 4.01. The molecular weight excluding hydrogens is 312 g/mol. The number of halogens is 4. The molecular formula is C7HBr2ClFN. The second kappa shape index (κ2) is 3.73. The van der Waals surface area contributed by atoms with E-state index in [0.717, 1.165) is 0 Å². The fraction of sp³-hybridized carbons (Fsp3) is 0. The Morgan fingerprint density at radius 2 is 2.08 bits per heavy atom. The molecule has 1 aromatic carbocycles. The summed E-state index contributed by atoms with van der Waals surface area (Å²) in [5.41, 5.74) is -0.0885. The Labute approximate surface area is 90.4 Å². The van der Waals surface area contributed by atoms with Crippen LogP contribution < -0.4 is 0 Å². The van der Waals surface area contributed by atoms with E-state index in [2.05, 4.69) is 31.9 Å². The van der Waals surface area contributed by atoms with E-state index in [1.54, 1.807) is 6.07 Å². The predicted octanol–water partition coefficient (Wildman–Crippen LogP) is 3.88. The van der Waals surface area contributed by atoms with Crippen LogP contribution >= 0.6 is 43.5 Å². The largest absolute Gasteiger partial charge is 0.204 e. The van der Waals surface area contributed by atoms with Crippen LogP contribution in [-0.2, 0) is 0 Å². The molecule has 12 heavy (non-hydrogen) atoms. The Hall–Kier alpha value is -0.110. The molecule has 1 nitrogen and oxygen atoms in total. The molecule has 1 rings (SSSR count). The summed E-state index contributed by atoms with van der Waals surface area (Å²) in [6.45, 7) is 0. The third kappa shape index (κ3) is 1.63. The summed E-state index contributed by atoms with van der Waals surface area (Å²) in [6.07, 6.45) is 0. The third-order valence-corrected chi connectivity index (χ3v) is 3.48. The van der Waals surface area contributed by atoms with Crippen molar-refractivity contribution in [1.82, 2.24) is 0 Å². The average Bonchev–Trinajstić information content (AvgIpc) is 2.02. The lowest BCUT2D eigenvalue weighted by Crippen LogP contribution is -1.88. The molecule has 0 N–H and O–H groups in total. The maximum Gasteiger partial charge on any atom is 0.160 e. The fourth-order valence-corrected chi connectivity index (χ4v) is 1.81. The number of hydrogen-bond acceptors (Lipinski definition) is 1. The molecule has 0 atom stereocenters. The van der Waals surface area contributed by atoms with Crippen LogP contribution in [0.5, 0.6) is 0 Å². The smallest absolute Gasteiger partial charge is 0.160 e. The van der Waals surface area contributed by atoms with Crippen molar-refractivity contribution in [2.75, 3.05) is 0 Å². The molecule has 0 aliphatic carbocycles. The van der Waals surface area contributed by atoms with E-state index < -0.39 is 5.82 Å². The molecule has 0 heterocycles. The molecule has 0 unspecified atom stereocenters. The van der Waals surface area contributed by atoms with Gasteiger partial charge in [0.2, 0.25) is 0 Å². The Kier molecular flexibility index (Phi) is 3.10. The van der Waals surface area contributed by atoms with Gasteiger partial charge < -0.3 is 0 Å². The third-order valence-electron chi connectivity index (χ3n) is 1.22. The quantitative estimate of drug-likeness (QED) is 0.667. The van der Waals surface area contributed by atoms with Gasteiger partial charge in [0, 0.05) is 4.47 Å². The normalized spacial score (nSPS) is 9.58. The molecule has 0 aliphatic rings. The van der Waals surface area contributed by atoms with Gasteiger partial charge in [-0.15, -0.1) is 0 Å². The molecule has 5 heteroatoms.